The molecule has 2 aliphatic rings. The number of fused-ring (bicyclic) bond motifs is 10. The van der Waals surface area contributed by atoms with Crippen LogP contribution in [0.15, 0.2) is 229 Å². The summed E-state index contributed by atoms with van der Waals surface area (Å²) in [5.41, 5.74) is 18.1. The van der Waals surface area contributed by atoms with Crippen LogP contribution in [0.3, 0.4) is 0 Å². The van der Waals surface area contributed by atoms with Gasteiger partial charge in [0.1, 0.15) is 11.2 Å². The normalized spacial score (nSPS) is 13.9. The Morgan fingerprint density at radius 3 is 1.68 bits per heavy atom. The second-order valence-electron chi connectivity index (χ2n) is 19.1. The quantitative estimate of drug-likeness (QED) is 0.167. The minimum Gasteiger partial charge on any atom is -0.456 e. The van der Waals surface area contributed by atoms with Gasteiger partial charge in [0.05, 0.1) is 5.41 Å². The van der Waals surface area contributed by atoms with Crippen molar-refractivity contribution in [2.24, 2.45) is 0 Å². The monoisotopic (exact) mass is 881 g/mol. The Labute approximate surface area is 400 Å². The van der Waals surface area contributed by atoms with E-state index in [1.165, 1.54) is 60.8 Å². The molecule has 0 unspecified atom stereocenters. The highest BCUT2D eigenvalue weighted by atomic mass is 16.3. The van der Waals surface area contributed by atoms with Gasteiger partial charge in [0.25, 0.3) is 0 Å². The summed E-state index contributed by atoms with van der Waals surface area (Å²) in [4.78, 5) is 16.6. The fourth-order valence-corrected chi connectivity index (χ4v) is 11.8. The number of rotatable bonds is 6. The highest BCUT2D eigenvalue weighted by Crippen LogP contribution is 2.57. The van der Waals surface area contributed by atoms with Crippen LogP contribution in [0, 0.1) is 0 Å². The molecule has 324 valence electrons. The summed E-state index contributed by atoms with van der Waals surface area (Å²) < 4.78 is 6.68. The van der Waals surface area contributed by atoms with Gasteiger partial charge < -0.3 is 4.42 Å². The van der Waals surface area contributed by atoms with E-state index in [9.17, 15) is 0 Å². The molecule has 4 nitrogen and oxygen atoms in total. The fraction of sp³-hybridized carbons (Fsp3) is 0.0615. The van der Waals surface area contributed by atoms with Crippen molar-refractivity contribution in [3.8, 4) is 67.5 Å². The van der Waals surface area contributed by atoms with Crippen molar-refractivity contribution >= 4 is 32.7 Å². The average molecular weight is 882 g/mol. The summed E-state index contributed by atoms with van der Waals surface area (Å²) >= 11 is 0. The van der Waals surface area contributed by atoms with Crippen molar-refractivity contribution < 1.29 is 4.42 Å². The van der Waals surface area contributed by atoms with Crippen LogP contribution in [0.4, 0.5) is 0 Å². The Bertz CT molecular complexity index is 4010. The van der Waals surface area contributed by atoms with E-state index < -0.39 is 5.41 Å². The molecule has 0 N–H and O–H groups in total. The molecule has 0 bridgehead atoms. The molecular formula is C65H43N3O. The van der Waals surface area contributed by atoms with E-state index in [-0.39, 0.29) is 5.41 Å². The lowest BCUT2D eigenvalue weighted by molar-refractivity contribution is 0.661. The van der Waals surface area contributed by atoms with Gasteiger partial charge >= 0.3 is 0 Å². The van der Waals surface area contributed by atoms with Crippen molar-refractivity contribution in [1.82, 2.24) is 15.0 Å². The van der Waals surface area contributed by atoms with Gasteiger partial charge in [0.2, 0.25) is 0 Å². The topological polar surface area (TPSA) is 51.8 Å². The standard InChI is InChI=1S/C65H43N3O/c1-64(2)55-32-16-28-50(59(55)52-37-41-20-9-10-21-42(41)38-56(52)64)62-66-61(67-63(68-62)51-29-17-33-57-60(51)49-35-34-43(39-58(49)69-57)40-18-5-3-6-19-40)44-22-15-25-46(36-44)65(45-23-7-4-8-24-45)53-30-13-11-26-47(53)48-27-12-14-31-54(48)65/h3-39H,1-2H3. The highest BCUT2D eigenvalue weighted by molar-refractivity contribution is 6.12. The third kappa shape index (κ3) is 5.79. The van der Waals surface area contributed by atoms with Gasteiger partial charge in [-0.3, -0.25) is 0 Å². The van der Waals surface area contributed by atoms with Crippen LogP contribution >= 0.6 is 0 Å². The van der Waals surface area contributed by atoms with Gasteiger partial charge in [-0.15, -0.1) is 0 Å². The Morgan fingerprint density at radius 1 is 0.348 bits per heavy atom. The van der Waals surface area contributed by atoms with Crippen LogP contribution in [0.25, 0.3) is 100 Å². The molecule has 69 heavy (non-hydrogen) atoms. The SMILES string of the molecule is CC1(C)c2cc3ccccc3cc2-c2c(-c3nc(-c4cccc(C5(c6ccccc6)c6ccccc6-c6ccccc65)c4)nc(-c4cccc5oc6cc(-c7ccccc7)ccc6c45)n3)cccc21. The van der Waals surface area contributed by atoms with Gasteiger partial charge in [-0.2, -0.15) is 0 Å². The summed E-state index contributed by atoms with van der Waals surface area (Å²) in [5.74, 6) is 1.81. The summed E-state index contributed by atoms with van der Waals surface area (Å²) in [6.45, 7) is 4.67. The lowest BCUT2D eigenvalue weighted by Gasteiger charge is -2.34. The molecule has 2 aliphatic carbocycles. The molecule has 2 aromatic heterocycles. The minimum atomic E-state index is -0.582. The Hall–Kier alpha value is -8.73. The van der Waals surface area contributed by atoms with Crippen LogP contribution in [0.1, 0.15) is 47.2 Å². The van der Waals surface area contributed by atoms with E-state index in [1.54, 1.807) is 0 Å². The van der Waals surface area contributed by atoms with Crippen molar-refractivity contribution in [3.05, 3.63) is 258 Å². The Kier molecular flexibility index (Phi) is 8.51. The second-order valence-corrected chi connectivity index (χ2v) is 19.1. The number of benzene rings is 10. The molecule has 0 fully saturated rings. The van der Waals surface area contributed by atoms with Crippen LogP contribution < -0.4 is 0 Å². The van der Waals surface area contributed by atoms with E-state index in [1.807, 2.05) is 18.2 Å². The van der Waals surface area contributed by atoms with Crippen molar-refractivity contribution in [1.29, 1.82) is 0 Å². The molecule has 2 heterocycles. The lowest BCUT2D eigenvalue weighted by atomic mass is 9.67. The Balaban J connectivity index is 1.02. The smallest absolute Gasteiger partial charge is 0.164 e. The molecule has 0 saturated carbocycles. The van der Waals surface area contributed by atoms with Gasteiger partial charge in [-0.25, -0.2) is 15.0 Å². The third-order valence-electron chi connectivity index (χ3n) is 15.0. The summed E-state index contributed by atoms with van der Waals surface area (Å²) in [5, 5.41) is 4.43. The third-order valence-corrected chi connectivity index (χ3v) is 15.0. The molecule has 0 saturated heterocycles. The molecule has 12 aromatic rings. The minimum absolute atomic E-state index is 0.239. The highest BCUT2D eigenvalue weighted by Gasteiger charge is 2.46. The van der Waals surface area contributed by atoms with Gasteiger partial charge in [-0.05, 0) is 114 Å². The number of furan rings is 1. The summed E-state index contributed by atoms with van der Waals surface area (Å²) in [7, 11) is 0. The number of aromatic nitrogens is 3. The van der Waals surface area contributed by atoms with E-state index in [0.717, 1.165) is 55.3 Å². The van der Waals surface area contributed by atoms with E-state index in [4.69, 9.17) is 19.4 Å². The van der Waals surface area contributed by atoms with Gasteiger partial charge in [0, 0.05) is 32.9 Å². The zero-order valence-corrected chi connectivity index (χ0v) is 38.1. The van der Waals surface area contributed by atoms with Crippen molar-refractivity contribution in [2.75, 3.05) is 0 Å². The van der Waals surface area contributed by atoms with E-state index in [0.29, 0.717) is 17.5 Å². The van der Waals surface area contributed by atoms with E-state index >= 15 is 0 Å². The maximum Gasteiger partial charge on any atom is 0.164 e. The molecular weight excluding hydrogens is 839 g/mol. The molecule has 0 amide bonds. The van der Waals surface area contributed by atoms with Crippen LogP contribution in [-0.2, 0) is 10.8 Å². The molecule has 0 atom stereocenters. The predicted molar refractivity (Wildman–Crippen MR) is 281 cm³/mol. The van der Waals surface area contributed by atoms with E-state index in [2.05, 4.69) is 220 Å². The second kappa shape index (κ2) is 14.9. The predicted octanol–water partition coefficient (Wildman–Crippen LogP) is 16.3. The lowest BCUT2D eigenvalue weighted by Crippen LogP contribution is -2.28. The van der Waals surface area contributed by atoms with Crippen LogP contribution in [0.2, 0.25) is 0 Å². The summed E-state index contributed by atoms with van der Waals surface area (Å²) in [6.07, 6.45) is 0. The molecule has 0 aliphatic heterocycles. The Morgan fingerprint density at radius 2 is 0.913 bits per heavy atom. The maximum absolute atomic E-state index is 6.68. The first-order valence-electron chi connectivity index (χ1n) is 23.8. The van der Waals surface area contributed by atoms with Crippen LogP contribution in [0.5, 0.6) is 0 Å². The van der Waals surface area contributed by atoms with Crippen molar-refractivity contribution in [2.45, 2.75) is 24.7 Å². The first-order valence-corrected chi connectivity index (χ1v) is 23.8. The zero-order valence-electron chi connectivity index (χ0n) is 38.1. The number of hydrogen-bond acceptors (Lipinski definition) is 4. The molecule has 0 spiro atoms. The summed E-state index contributed by atoms with van der Waals surface area (Å²) in [6, 6.07) is 80.7. The fourth-order valence-electron chi connectivity index (χ4n) is 11.8. The molecule has 10 aromatic carbocycles. The first-order chi connectivity index (χ1) is 33.9. The molecule has 0 radical (unpaired) electrons. The zero-order chi connectivity index (χ0) is 45.8. The first kappa shape index (κ1) is 39.4. The van der Waals surface area contributed by atoms with Crippen LogP contribution in [-0.4, -0.2) is 15.0 Å². The van der Waals surface area contributed by atoms with Gasteiger partial charge in [-0.1, -0.05) is 202 Å². The largest absolute Gasteiger partial charge is 0.456 e. The maximum atomic E-state index is 6.68. The number of nitrogens with zero attached hydrogens (tertiary/aromatic N) is 3. The number of hydrogen-bond donors (Lipinski definition) is 0. The average Bonchev–Trinajstić information content (AvgIpc) is 4.02. The van der Waals surface area contributed by atoms with Gasteiger partial charge in [0.15, 0.2) is 17.5 Å². The molecule has 4 heteroatoms. The molecule has 14 rings (SSSR count). The van der Waals surface area contributed by atoms with Crippen molar-refractivity contribution in [3.63, 3.8) is 0 Å².